The highest BCUT2D eigenvalue weighted by Gasteiger charge is 2.35. The summed E-state index contributed by atoms with van der Waals surface area (Å²) in [5.74, 6) is -1.86. The molecule has 3 rings (SSSR count). The molecule has 5 nitrogen and oxygen atoms in total. The third kappa shape index (κ3) is 3.42. The van der Waals surface area contributed by atoms with Crippen molar-refractivity contribution in [1.82, 2.24) is 0 Å². The minimum Gasteiger partial charge on any atom is -0.508 e. The number of ether oxygens (including phenoxy) is 2. The van der Waals surface area contributed by atoms with Crippen LogP contribution in [0.25, 0.3) is 10.8 Å². The second kappa shape index (κ2) is 7.79. The molecule has 0 saturated heterocycles. The van der Waals surface area contributed by atoms with Crippen LogP contribution >= 0.6 is 0 Å². The van der Waals surface area contributed by atoms with Crippen LogP contribution < -0.4 is 4.74 Å². The van der Waals surface area contributed by atoms with Crippen molar-refractivity contribution in [3.05, 3.63) is 71.8 Å². The Hall–Kier alpha value is -3.52. The molecule has 0 bridgehead atoms. The Balaban J connectivity index is 2.23. The molecule has 0 saturated carbocycles. The maximum Gasteiger partial charge on any atom is 0.314 e. The molecule has 0 spiro atoms. The van der Waals surface area contributed by atoms with Gasteiger partial charge in [-0.2, -0.15) is 5.26 Å². The molecule has 3 aromatic rings. The number of phenolic OH excluding ortho intramolecular Hbond substituents is 1. The van der Waals surface area contributed by atoms with E-state index in [2.05, 4.69) is 6.07 Å². The van der Waals surface area contributed by atoms with Crippen molar-refractivity contribution in [3.63, 3.8) is 0 Å². The first-order valence-electron chi connectivity index (χ1n) is 8.42. The van der Waals surface area contributed by atoms with E-state index in [9.17, 15) is 15.2 Å². The number of fused-ring (bicyclic) bond motifs is 1. The zero-order valence-corrected chi connectivity index (χ0v) is 15.0. The number of benzene rings is 3. The summed E-state index contributed by atoms with van der Waals surface area (Å²) in [5, 5.41) is 22.1. The molecule has 0 unspecified atom stereocenters. The average Bonchev–Trinajstić information content (AvgIpc) is 2.72. The molecule has 0 heterocycles. The molecule has 0 aromatic heterocycles. The van der Waals surface area contributed by atoms with Gasteiger partial charge in [0, 0.05) is 5.56 Å². The summed E-state index contributed by atoms with van der Waals surface area (Å²) < 4.78 is 10.2. The Morgan fingerprint density at radius 1 is 1.07 bits per heavy atom. The number of nitriles is 1. The van der Waals surface area contributed by atoms with Crippen molar-refractivity contribution in [2.45, 2.75) is 11.8 Å². The molecule has 0 amide bonds. The molecule has 5 heteroatoms. The van der Waals surface area contributed by atoms with E-state index in [1.165, 1.54) is 14.2 Å². The van der Waals surface area contributed by atoms with Crippen LogP contribution in [-0.2, 0) is 9.53 Å². The molecule has 27 heavy (non-hydrogen) atoms. The van der Waals surface area contributed by atoms with E-state index in [-0.39, 0.29) is 5.75 Å². The summed E-state index contributed by atoms with van der Waals surface area (Å²) in [6.45, 7) is 0. The molecular weight excluding hydrogens is 342 g/mol. The fourth-order valence-electron chi connectivity index (χ4n) is 3.34. The summed E-state index contributed by atoms with van der Waals surface area (Å²) in [7, 11) is 2.82. The van der Waals surface area contributed by atoms with Gasteiger partial charge in [-0.05, 0) is 34.5 Å². The highest BCUT2D eigenvalue weighted by molar-refractivity contribution is 5.90. The molecule has 2 atom stereocenters. The zero-order valence-electron chi connectivity index (χ0n) is 15.0. The number of hydrogen-bond donors (Lipinski definition) is 1. The van der Waals surface area contributed by atoms with Crippen LogP contribution in [0.4, 0.5) is 0 Å². The van der Waals surface area contributed by atoms with Crippen molar-refractivity contribution in [2.75, 3.05) is 14.2 Å². The largest absolute Gasteiger partial charge is 0.508 e. The summed E-state index contributed by atoms with van der Waals surface area (Å²) in [5.41, 5.74) is 0.994. The minimum absolute atomic E-state index is 0.0305. The van der Waals surface area contributed by atoms with Crippen LogP contribution in [0.1, 0.15) is 23.0 Å². The number of methoxy groups -OCH3 is 2. The highest BCUT2D eigenvalue weighted by atomic mass is 16.5. The van der Waals surface area contributed by atoms with Gasteiger partial charge in [0.15, 0.2) is 0 Å². The van der Waals surface area contributed by atoms with Crippen LogP contribution in [0.5, 0.6) is 11.5 Å². The third-order valence-electron chi connectivity index (χ3n) is 4.64. The van der Waals surface area contributed by atoms with Gasteiger partial charge in [-0.3, -0.25) is 4.79 Å². The van der Waals surface area contributed by atoms with Crippen molar-refractivity contribution in [2.24, 2.45) is 0 Å². The number of aromatic hydroxyl groups is 1. The first-order valence-corrected chi connectivity index (χ1v) is 8.42. The topological polar surface area (TPSA) is 79.5 Å². The Labute approximate surface area is 157 Å². The third-order valence-corrected chi connectivity index (χ3v) is 4.64. The molecule has 0 aliphatic rings. The number of hydrogen-bond acceptors (Lipinski definition) is 5. The van der Waals surface area contributed by atoms with E-state index in [0.29, 0.717) is 16.9 Å². The van der Waals surface area contributed by atoms with Gasteiger partial charge in [0.1, 0.15) is 17.4 Å². The van der Waals surface area contributed by atoms with Gasteiger partial charge in [-0.1, -0.05) is 42.5 Å². The van der Waals surface area contributed by atoms with E-state index in [0.717, 1.165) is 10.8 Å². The van der Waals surface area contributed by atoms with E-state index in [4.69, 9.17) is 9.47 Å². The van der Waals surface area contributed by atoms with Gasteiger partial charge < -0.3 is 14.6 Å². The first kappa shape index (κ1) is 18.3. The fourth-order valence-corrected chi connectivity index (χ4v) is 3.34. The van der Waals surface area contributed by atoms with Crippen LogP contribution in [0.2, 0.25) is 0 Å². The van der Waals surface area contributed by atoms with Gasteiger partial charge >= 0.3 is 5.97 Å². The Morgan fingerprint density at radius 2 is 1.85 bits per heavy atom. The van der Waals surface area contributed by atoms with Crippen LogP contribution in [0.3, 0.4) is 0 Å². The second-order valence-corrected chi connectivity index (χ2v) is 6.10. The zero-order chi connectivity index (χ0) is 19.4. The smallest absolute Gasteiger partial charge is 0.314 e. The molecule has 0 aliphatic carbocycles. The number of carbonyl (C=O) groups excluding carboxylic acids is 1. The van der Waals surface area contributed by atoms with Crippen molar-refractivity contribution < 1.29 is 19.4 Å². The highest BCUT2D eigenvalue weighted by Crippen LogP contribution is 2.42. The quantitative estimate of drug-likeness (QED) is 0.692. The lowest BCUT2D eigenvalue weighted by atomic mass is 9.80. The molecule has 136 valence electrons. The van der Waals surface area contributed by atoms with E-state index in [1.807, 2.05) is 24.3 Å². The standard InChI is InChI=1S/C22H19NO4/c1-26-16-8-5-7-15(12-16)20(22(25)27-2)18(13-23)21-17-9-4-3-6-14(17)10-11-19(21)24/h3-12,18,20,24H,1-2H3/t18-,20-/m1/s1. The van der Waals surface area contributed by atoms with Crippen LogP contribution in [-0.4, -0.2) is 25.3 Å². The van der Waals surface area contributed by atoms with Gasteiger partial charge in [-0.25, -0.2) is 0 Å². The Bertz CT molecular complexity index is 1020. The van der Waals surface area contributed by atoms with Gasteiger partial charge in [-0.15, -0.1) is 0 Å². The molecule has 3 aromatic carbocycles. The van der Waals surface area contributed by atoms with Crippen molar-refractivity contribution in [1.29, 1.82) is 5.26 Å². The maximum atomic E-state index is 12.6. The summed E-state index contributed by atoms with van der Waals surface area (Å²) in [6.07, 6.45) is 0. The van der Waals surface area contributed by atoms with Gasteiger partial charge in [0.2, 0.25) is 0 Å². The number of esters is 1. The minimum atomic E-state index is -0.935. The fraction of sp³-hybridized carbons (Fsp3) is 0.182. The lowest BCUT2D eigenvalue weighted by molar-refractivity contribution is -0.142. The lowest BCUT2D eigenvalue weighted by Crippen LogP contribution is -2.21. The monoisotopic (exact) mass is 361 g/mol. The van der Waals surface area contributed by atoms with Crippen LogP contribution in [0.15, 0.2) is 60.7 Å². The molecule has 0 radical (unpaired) electrons. The summed E-state index contributed by atoms with van der Waals surface area (Å²) in [4.78, 5) is 12.6. The van der Waals surface area contributed by atoms with Crippen molar-refractivity contribution >= 4 is 16.7 Å². The Kier molecular flexibility index (Phi) is 5.28. The number of nitrogens with zero attached hydrogens (tertiary/aromatic N) is 1. The summed E-state index contributed by atoms with van der Waals surface area (Å²) in [6, 6.07) is 19.9. The number of carbonyl (C=O) groups is 1. The van der Waals surface area contributed by atoms with Gasteiger partial charge in [0.05, 0.1) is 26.2 Å². The molecule has 0 aliphatic heterocycles. The van der Waals surface area contributed by atoms with E-state index < -0.39 is 17.8 Å². The maximum absolute atomic E-state index is 12.6. The van der Waals surface area contributed by atoms with Crippen LogP contribution in [0, 0.1) is 11.3 Å². The van der Waals surface area contributed by atoms with E-state index >= 15 is 0 Å². The molecule has 1 N–H and O–H groups in total. The van der Waals surface area contributed by atoms with Crippen molar-refractivity contribution in [3.8, 4) is 17.6 Å². The number of rotatable bonds is 5. The Morgan fingerprint density at radius 3 is 2.56 bits per heavy atom. The summed E-state index contributed by atoms with van der Waals surface area (Å²) >= 11 is 0. The van der Waals surface area contributed by atoms with Gasteiger partial charge in [0.25, 0.3) is 0 Å². The van der Waals surface area contributed by atoms with E-state index in [1.54, 1.807) is 36.4 Å². The second-order valence-electron chi connectivity index (χ2n) is 6.10. The normalized spacial score (nSPS) is 12.8. The molecular formula is C22H19NO4. The SMILES string of the molecule is COC(=O)[C@H](c1cccc(OC)c1)[C@@H](C#N)c1c(O)ccc2ccccc12. The average molecular weight is 361 g/mol. The predicted molar refractivity (Wildman–Crippen MR) is 102 cm³/mol. The first-order chi connectivity index (χ1) is 13.1. The predicted octanol–water partition coefficient (Wildman–Crippen LogP) is 4.12. The number of phenols is 1. The lowest BCUT2D eigenvalue weighted by Gasteiger charge is -2.23. The molecule has 0 fully saturated rings.